The van der Waals surface area contributed by atoms with E-state index < -0.39 is 0 Å². The number of carbonyl (C=O) groups is 1. The van der Waals surface area contributed by atoms with Crippen LogP contribution >= 0.6 is 23.6 Å². The van der Waals surface area contributed by atoms with Gasteiger partial charge in [0.25, 0.3) is 5.91 Å². The monoisotopic (exact) mass is 466 g/mol. The zero-order valence-electron chi connectivity index (χ0n) is 17.6. The number of rotatable bonds is 6. The highest BCUT2D eigenvalue weighted by atomic mass is 32.1. The first-order valence-electron chi connectivity index (χ1n) is 9.95. The number of methoxy groups -OCH3 is 1. The van der Waals surface area contributed by atoms with E-state index in [0.29, 0.717) is 15.3 Å². The summed E-state index contributed by atoms with van der Waals surface area (Å²) in [6, 6.07) is 17.3. The van der Waals surface area contributed by atoms with Crippen LogP contribution in [0.3, 0.4) is 0 Å². The highest BCUT2D eigenvalue weighted by molar-refractivity contribution is 7.73. The van der Waals surface area contributed by atoms with Crippen LogP contribution in [0.15, 0.2) is 64.7 Å². The van der Waals surface area contributed by atoms with Crippen LogP contribution in [-0.2, 0) is 11.8 Å². The van der Waals surface area contributed by atoms with Crippen molar-refractivity contribution < 1.29 is 14.6 Å². The lowest BCUT2D eigenvalue weighted by Crippen LogP contribution is -2.29. The van der Waals surface area contributed by atoms with Crippen molar-refractivity contribution in [2.75, 3.05) is 13.7 Å². The van der Waals surface area contributed by atoms with Gasteiger partial charge in [0.05, 0.1) is 18.9 Å². The van der Waals surface area contributed by atoms with E-state index in [4.69, 9.17) is 17.0 Å². The molecule has 1 N–H and O–H groups in total. The molecule has 0 saturated heterocycles. The molecule has 0 fully saturated rings. The summed E-state index contributed by atoms with van der Waals surface area (Å²) in [6.45, 7) is -0.0912. The van der Waals surface area contributed by atoms with E-state index in [-0.39, 0.29) is 24.4 Å². The second-order valence-corrected chi connectivity index (χ2v) is 8.90. The average Bonchev–Trinajstić information content (AvgIpc) is 3.37. The topological polar surface area (TPSA) is 79.4 Å². The van der Waals surface area contributed by atoms with Crippen molar-refractivity contribution in [3.8, 4) is 11.6 Å². The predicted octanol–water partition coefficient (Wildman–Crippen LogP) is 4.33. The number of ether oxygens (including phenoxy) is 1. The minimum Gasteiger partial charge on any atom is -0.497 e. The zero-order chi connectivity index (χ0) is 22.7. The van der Waals surface area contributed by atoms with Gasteiger partial charge >= 0.3 is 0 Å². The number of carbonyl (C=O) groups excluding carboxylic acids is 1. The Morgan fingerprint density at radius 1 is 1.28 bits per heavy atom. The van der Waals surface area contributed by atoms with Gasteiger partial charge in [0.15, 0.2) is 3.95 Å². The smallest absolute Gasteiger partial charge is 0.264 e. The van der Waals surface area contributed by atoms with Crippen LogP contribution in [-0.4, -0.2) is 46.2 Å². The van der Waals surface area contributed by atoms with Crippen LogP contribution in [0.2, 0.25) is 0 Å². The van der Waals surface area contributed by atoms with Crippen molar-refractivity contribution in [1.29, 1.82) is 0 Å². The predicted molar refractivity (Wildman–Crippen MR) is 128 cm³/mol. The summed E-state index contributed by atoms with van der Waals surface area (Å²) < 4.78 is 7.29. The molecule has 2 heterocycles. The highest BCUT2D eigenvalue weighted by Crippen LogP contribution is 2.33. The Hall–Kier alpha value is -3.30. The Balaban J connectivity index is 1.58. The number of amides is 1. The first-order chi connectivity index (χ1) is 15.5. The van der Waals surface area contributed by atoms with Crippen molar-refractivity contribution in [2.45, 2.75) is 12.5 Å². The van der Waals surface area contributed by atoms with Crippen molar-refractivity contribution in [2.24, 2.45) is 17.1 Å². The van der Waals surface area contributed by atoms with Crippen LogP contribution in [0.5, 0.6) is 11.6 Å². The standard InChI is InChI=1S/C23H22N4O3S2/c1-26-22(29)20(32-23(26)31)13-24-14-21(28)27-19(16-8-10-17(30-2)11-9-16)12-18(25-27)15-6-4-3-5-7-15/h3-11,13,19,29H,12,14H2,1-2H3. The van der Waals surface area contributed by atoms with E-state index in [2.05, 4.69) is 10.1 Å². The number of aromatic nitrogens is 1. The second-order valence-electron chi connectivity index (χ2n) is 7.23. The number of thiazole rings is 1. The van der Waals surface area contributed by atoms with Crippen molar-refractivity contribution in [3.05, 3.63) is 74.6 Å². The number of nitrogens with zero attached hydrogens (tertiary/aromatic N) is 4. The summed E-state index contributed by atoms with van der Waals surface area (Å²) in [5, 5.41) is 16.2. The average molecular weight is 467 g/mol. The zero-order valence-corrected chi connectivity index (χ0v) is 19.3. The van der Waals surface area contributed by atoms with E-state index in [1.807, 2.05) is 54.6 Å². The SMILES string of the molecule is COc1ccc(C2CC(c3ccccc3)=NN2C(=O)CN=Cc2sc(=S)n(C)c2O)cc1. The van der Waals surface area contributed by atoms with Gasteiger partial charge in [-0.15, -0.1) is 0 Å². The summed E-state index contributed by atoms with van der Waals surface area (Å²) in [4.78, 5) is 17.8. The van der Waals surface area contributed by atoms with E-state index >= 15 is 0 Å². The normalized spacial score (nSPS) is 15.9. The van der Waals surface area contributed by atoms with E-state index in [9.17, 15) is 9.90 Å². The molecular weight excluding hydrogens is 444 g/mol. The molecule has 1 aromatic heterocycles. The Kier molecular flexibility index (Phi) is 6.48. The quantitative estimate of drug-likeness (QED) is 0.433. The molecule has 164 valence electrons. The Bertz CT molecular complexity index is 1230. The van der Waals surface area contributed by atoms with Gasteiger partial charge in [0.2, 0.25) is 5.88 Å². The maximum Gasteiger partial charge on any atom is 0.264 e. The van der Waals surface area contributed by atoms with Crippen LogP contribution in [0, 0.1) is 3.95 Å². The van der Waals surface area contributed by atoms with Gasteiger partial charge in [-0.1, -0.05) is 53.8 Å². The lowest BCUT2D eigenvalue weighted by Gasteiger charge is -2.21. The molecule has 1 unspecified atom stereocenters. The first kappa shape index (κ1) is 21.9. The van der Waals surface area contributed by atoms with Crippen LogP contribution in [0.25, 0.3) is 0 Å². The molecule has 32 heavy (non-hydrogen) atoms. The lowest BCUT2D eigenvalue weighted by atomic mass is 9.98. The highest BCUT2D eigenvalue weighted by Gasteiger charge is 2.32. The first-order valence-corrected chi connectivity index (χ1v) is 11.2. The Morgan fingerprint density at radius 2 is 2.00 bits per heavy atom. The fourth-order valence-electron chi connectivity index (χ4n) is 3.45. The van der Waals surface area contributed by atoms with Crippen LogP contribution in [0.1, 0.15) is 28.5 Å². The molecule has 0 bridgehead atoms. The number of hydrazone groups is 1. The van der Waals surface area contributed by atoms with Gasteiger partial charge in [-0.2, -0.15) is 5.10 Å². The molecule has 3 aromatic rings. The maximum absolute atomic E-state index is 13.1. The number of hydrogen-bond acceptors (Lipinski definition) is 7. The van der Waals surface area contributed by atoms with Gasteiger partial charge in [0.1, 0.15) is 17.2 Å². The summed E-state index contributed by atoms with van der Waals surface area (Å²) in [5.74, 6) is 0.563. The van der Waals surface area contributed by atoms with Gasteiger partial charge in [0, 0.05) is 19.7 Å². The van der Waals surface area contributed by atoms with Crippen molar-refractivity contribution in [1.82, 2.24) is 9.58 Å². The molecule has 4 rings (SSSR count). The molecule has 7 nitrogen and oxygen atoms in total. The molecule has 0 spiro atoms. The van der Waals surface area contributed by atoms with Crippen molar-refractivity contribution in [3.63, 3.8) is 0 Å². The van der Waals surface area contributed by atoms with E-state index in [1.165, 1.54) is 27.1 Å². The molecule has 0 aliphatic carbocycles. The summed E-state index contributed by atoms with van der Waals surface area (Å²) in [7, 11) is 3.30. The molecule has 1 aliphatic heterocycles. The Morgan fingerprint density at radius 3 is 2.62 bits per heavy atom. The summed E-state index contributed by atoms with van der Waals surface area (Å²) in [5.41, 5.74) is 2.80. The molecule has 0 saturated carbocycles. The third-order valence-corrected chi connectivity index (χ3v) is 6.70. The van der Waals surface area contributed by atoms with Crippen LogP contribution < -0.4 is 4.74 Å². The van der Waals surface area contributed by atoms with Gasteiger partial charge in [-0.05, 0) is 35.5 Å². The van der Waals surface area contributed by atoms with Gasteiger partial charge in [-0.3, -0.25) is 14.4 Å². The fraction of sp³-hybridized carbons (Fsp3) is 0.217. The number of aromatic hydroxyl groups is 1. The second kappa shape index (κ2) is 9.46. The molecule has 9 heteroatoms. The minimum atomic E-state index is -0.231. The third-order valence-electron chi connectivity index (χ3n) is 5.22. The summed E-state index contributed by atoms with van der Waals surface area (Å²) >= 11 is 6.39. The third kappa shape index (κ3) is 4.49. The molecule has 0 radical (unpaired) electrons. The Labute approximate surface area is 194 Å². The van der Waals surface area contributed by atoms with Crippen LogP contribution in [0.4, 0.5) is 0 Å². The molecule has 1 amide bonds. The largest absolute Gasteiger partial charge is 0.497 e. The molecular formula is C23H22N4O3S2. The minimum absolute atomic E-state index is 0.0397. The number of hydrogen-bond donors (Lipinski definition) is 1. The van der Waals surface area contributed by atoms with Gasteiger partial charge in [-0.25, -0.2) is 5.01 Å². The fourth-order valence-corrected chi connectivity index (χ4v) is 4.58. The molecule has 2 aromatic carbocycles. The molecule has 1 atom stereocenters. The number of benzene rings is 2. The van der Waals surface area contributed by atoms with E-state index in [0.717, 1.165) is 22.6 Å². The lowest BCUT2D eigenvalue weighted by molar-refractivity contribution is -0.131. The maximum atomic E-state index is 13.1. The van der Waals surface area contributed by atoms with E-state index in [1.54, 1.807) is 14.2 Å². The van der Waals surface area contributed by atoms with Crippen molar-refractivity contribution >= 4 is 41.4 Å². The molecule has 1 aliphatic rings. The number of aliphatic imine (C=N–C) groups is 1. The summed E-state index contributed by atoms with van der Waals surface area (Å²) in [6.07, 6.45) is 2.08. The van der Waals surface area contributed by atoms with Gasteiger partial charge < -0.3 is 9.84 Å².